The summed E-state index contributed by atoms with van der Waals surface area (Å²) in [6, 6.07) is 1.66. The first kappa shape index (κ1) is 12.3. The van der Waals surface area contributed by atoms with Gasteiger partial charge in [0, 0.05) is 6.54 Å². The van der Waals surface area contributed by atoms with Gasteiger partial charge in [-0.2, -0.15) is 10.7 Å². The van der Waals surface area contributed by atoms with E-state index in [1.165, 1.54) is 12.0 Å². The van der Waals surface area contributed by atoms with Crippen molar-refractivity contribution in [3.8, 4) is 6.07 Å². The quantitative estimate of drug-likeness (QED) is 0.673. The highest BCUT2D eigenvalue weighted by molar-refractivity contribution is 5.78. The third-order valence-corrected chi connectivity index (χ3v) is 2.26. The molecule has 0 aromatic heterocycles. The van der Waals surface area contributed by atoms with Crippen LogP contribution in [0.25, 0.3) is 0 Å². The molecule has 88 valence electrons. The molecule has 0 saturated carbocycles. The average Bonchev–Trinajstić information content (AvgIpc) is 2.76. The number of nitriles is 1. The molecule has 1 fully saturated rings. The summed E-state index contributed by atoms with van der Waals surface area (Å²) in [5, 5.41) is 8.76. The minimum absolute atomic E-state index is 0.298. The van der Waals surface area contributed by atoms with Gasteiger partial charge in [-0.15, -0.1) is 0 Å². The van der Waals surface area contributed by atoms with Crippen LogP contribution in [0.3, 0.4) is 0 Å². The van der Waals surface area contributed by atoms with Crippen LogP contribution < -0.4 is 5.48 Å². The van der Waals surface area contributed by atoms with E-state index in [0.717, 1.165) is 6.42 Å². The standard InChI is InChI=1S/C9H13N3O4/c1-15-9(14)11-16-6-8(13)12-4-2-3-7(12)5-10/h7H,2-4,6H2,1H3,(H,11,14). The van der Waals surface area contributed by atoms with Crippen LogP contribution >= 0.6 is 0 Å². The van der Waals surface area contributed by atoms with Crippen LogP contribution in [-0.2, 0) is 14.4 Å². The van der Waals surface area contributed by atoms with Crippen molar-refractivity contribution in [2.24, 2.45) is 0 Å². The van der Waals surface area contributed by atoms with Crippen molar-refractivity contribution in [3.63, 3.8) is 0 Å². The van der Waals surface area contributed by atoms with Crippen molar-refractivity contribution in [2.75, 3.05) is 20.3 Å². The lowest BCUT2D eigenvalue weighted by Gasteiger charge is -2.18. The topological polar surface area (TPSA) is 91.7 Å². The summed E-state index contributed by atoms with van der Waals surface area (Å²) in [7, 11) is 1.19. The lowest BCUT2D eigenvalue weighted by atomic mass is 10.2. The number of carbonyl (C=O) groups is 2. The molecule has 1 heterocycles. The summed E-state index contributed by atoms with van der Waals surface area (Å²) in [5.41, 5.74) is 1.93. The molecule has 2 amide bonds. The number of amides is 2. The fourth-order valence-electron chi connectivity index (χ4n) is 1.48. The lowest BCUT2D eigenvalue weighted by Crippen LogP contribution is -2.39. The van der Waals surface area contributed by atoms with E-state index in [-0.39, 0.29) is 18.6 Å². The SMILES string of the molecule is COC(=O)NOCC(=O)N1CCCC1C#N. The van der Waals surface area contributed by atoms with E-state index >= 15 is 0 Å². The smallest absolute Gasteiger partial charge is 0.431 e. The number of nitrogens with zero attached hydrogens (tertiary/aromatic N) is 2. The van der Waals surface area contributed by atoms with E-state index in [9.17, 15) is 9.59 Å². The van der Waals surface area contributed by atoms with E-state index in [1.54, 1.807) is 0 Å². The van der Waals surface area contributed by atoms with Crippen molar-refractivity contribution < 1.29 is 19.2 Å². The summed E-state index contributed by atoms with van der Waals surface area (Å²) in [6.45, 7) is 0.256. The molecular weight excluding hydrogens is 214 g/mol. The summed E-state index contributed by atoms with van der Waals surface area (Å²) < 4.78 is 4.25. The first-order chi connectivity index (χ1) is 7.69. The second-order valence-electron chi connectivity index (χ2n) is 3.26. The van der Waals surface area contributed by atoms with Crippen LogP contribution in [-0.4, -0.2) is 43.2 Å². The zero-order chi connectivity index (χ0) is 12.0. The number of rotatable bonds is 3. The molecule has 0 radical (unpaired) electrons. The Morgan fingerprint density at radius 3 is 3.00 bits per heavy atom. The van der Waals surface area contributed by atoms with Gasteiger partial charge in [0.1, 0.15) is 6.04 Å². The molecule has 1 unspecified atom stereocenters. The molecule has 7 nitrogen and oxygen atoms in total. The Hall–Kier alpha value is -1.81. The molecule has 1 rings (SSSR count). The maximum absolute atomic E-state index is 11.5. The van der Waals surface area contributed by atoms with Crippen LogP contribution in [0, 0.1) is 11.3 Å². The van der Waals surface area contributed by atoms with Gasteiger partial charge in [-0.25, -0.2) is 4.79 Å². The lowest BCUT2D eigenvalue weighted by molar-refractivity contribution is -0.138. The fourth-order valence-corrected chi connectivity index (χ4v) is 1.48. The molecule has 1 aliphatic heterocycles. The number of ether oxygens (including phenoxy) is 1. The molecular formula is C9H13N3O4. The number of hydrogen-bond donors (Lipinski definition) is 1. The van der Waals surface area contributed by atoms with Gasteiger partial charge in [-0.05, 0) is 12.8 Å². The number of methoxy groups -OCH3 is 1. The Morgan fingerprint density at radius 2 is 2.38 bits per heavy atom. The van der Waals surface area contributed by atoms with Crippen molar-refractivity contribution in [1.82, 2.24) is 10.4 Å². The van der Waals surface area contributed by atoms with Crippen molar-refractivity contribution in [2.45, 2.75) is 18.9 Å². The summed E-state index contributed by atoms with van der Waals surface area (Å²) in [6.07, 6.45) is 0.729. The first-order valence-corrected chi connectivity index (χ1v) is 4.84. The van der Waals surface area contributed by atoms with Gasteiger partial charge < -0.3 is 9.64 Å². The minimum atomic E-state index is -0.772. The molecule has 1 aliphatic rings. The van der Waals surface area contributed by atoms with Gasteiger partial charge in [0.25, 0.3) is 5.91 Å². The Balaban J connectivity index is 2.30. The second-order valence-corrected chi connectivity index (χ2v) is 3.26. The molecule has 0 aromatic rings. The highest BCUT2D eigenvalue weighted by Gasteiger charge is 2.28. The van der Waals surface area contributed by atoms with Gasteiger partial charge in [-0.3, -0.25) is 9.63 Å². The van der Waals surface area contributed by atoms with Crippen LogP contribution in [0.2, 0.25) is 0 Å². The number of carbonyl (C=O) groups excluding carboxylic acids is 2. The van der Waals surface area contributed by atoms with Gasteiger partial charge in [0.15, 0.2) is 6.61 Å². The fraction of sp³-hybridized carbons (Fsp3) is 0.667. The molecule has 0 spiro atoms. The maximum atomic E-state index is 11.5. The summed E-state index contributed by atoms with van der Waals surface area (Å²) in [5.74, 6) is -0.319. The van der Waals surface area contributed by atoms with Crippen molar-refractivity contribution >= 4 is 12.0 Å². The Bertz CT molecular complexity index is 312. The molecule has 0 aromatic carbocycles. The molecule has 1 N–H and O–H groups in total. The molecule has 7 heteroatoms. The van der Waals surface area contributed by atoms with E-state index in [0.29, 0.717) is 13.0 Å². The molecule has 1 saturated heterocycles. The summed E-state index contributed by atoms with van der Waals surface area (Å²) >= 11 is 0. The van der Waals surface area contributed by atoms with Crippen LogP contribution in [0.1, 0.15) is 12.8 Å². The highest BCUT2D eigenvalue weighted by Crippen LogP contribution is 2.16. The first-order valence-electron chi connectivity index (χ1n) is 4.84. The van der Waals surface area contributed by atoms with Crippen LogP contribution in [0.5, 0.6) is 0 Å². The van der Waals surface area contributed by atoms with Crippen LogP contribution in [0.15, 0.2) is 0 Å². The van der Waals surface area contributed by atoms with Crippen LogP contribution in [0.4, 0.5) is 4.79 Å². The normalized spacial score (nSPS) is 19.0. The molecule has 16 heavy (non-hydrogen) atoms. The van der Waals surface area contributed by atoms with E-state index in [4.69, 9.17) is 5.26 Å². The van der Waals surface area contributed by atoms with E-state index < -0.39 is 6.09 Å². The third kappa shape index (κ3) is 3.10. The summed E-state index contributed by atoms with van der Waals surface area (Å²) in [4.78, 5) is 28.2. The number of hydroxylamine groups is 1. The highest BCUT2D eigenvalue weighted by atomic mass is 16.7. The second kappa shape index (κ2) is 5.92. The predicted molar refractivity (Wildman–Crippen MR) is 51.8 cm³/mol. The monoisotopic (exact) mass is 227 g/mol. The Morgan fingerprint density at radius 1 is 1.62 bits per heavy atom. The van der Waals surface area contributed by atoms with Crippen molar-refractivity contribution in [1.29, 1.82) is 5.26 Å². The zero-order valence-corrected chi connectivity index (χ0v) is 8.93. The van der Waals surface area contributed by atoms with Gasteiger partial charge in [0.05, 0.1) is 13.2 Å². The van der Waals surface area contributed by atoms with Gasteiger partial charge in [-0.1, -0.05) is 0 Å². The number of hydrogen-bond acceptors (Lipinski definition) is 5. The van der Waals surface area contributed by atoms with Gasteiger partial charge in [0.2, 0.25) is 0 Å². The van der Waals surface area contributed by atoms with E-state index in [1.807, 2.05) is 11.5 Å². The number of nitrogens with one attached hydrogen (secondary N) is 1. The Labute approximate surface area is 92.9 Å². The predicted octanol–water partition coefficient (Wildman–Crippen LogP) is -0.211. The van der Waals surface area contributed by atoms with Crippen molar-refractivity contribution in [3.05, 3.63) is 0 Å². The minimum Gasteiger partial charge on any atom is -0.451 e. The maximum Gasteiger partial charge on any atom is 0.431 e. The zero-order valence-electron chi connectivity index (χ0n) is 8.93. The van der Waals surface area contributed by atoms with E-state index in [2.05, 4.69) is 9.57 Å². The molecule has 0 aliphatic carbocycles. The molecule has 0 bridgehead atoms. The largest absolute Gasteiger partial charge is 0.451 e. The Kier molecular flexibility index (Phi) is 4.54. The number of likely N-dealkylation sites (tertiary alicyclic amines) is 1. The van der Waals surface area contributed by atoms with Gasteiger partial charge >= 0.3 is 6.09 Å². The molecule has 1 atom stereocenters. The third-order valence-electron chi connectivity index (χ3n) is 2.26. The average molecular weight is 227 g/mol.